The standard InChI is InChI=1S/C8H10ClNO/c1-2-5-6(9)3-4-7(11)8(5)10/h3-4,11H,2,10H2,1H3. The highest BCUT2D eigenvalue weighted by molar-refractivity contribution is 6.31. The van der Waals surface area contributed by atoms with Crippen molar-refractivity contribution in [1.29, 1.82) is 0 Å². The zero-order valence-electron chi connectivity index (χ0n) is 6.26. The Labute approximate surface area is 70.6 Å². The van der Waals surface area contributed by atoms with E-state index in [-0.39, 0.29) is 5.75 Å². The van der Waals surface area contributed by atoms with Crippen LogP contribution in [0.2, 0.25) is 5.02 Å². The number of anilines is 1. The molecule has 0 bridgehead atoms. The number of benzene rings is 1. The van der Waals surface area contributed by atoms with Crippen LogP contribution in [0.25, 0.3) is 0 Å². The minimum absolute atomic E-state index is 0.103. The van der Waals surface area contributed by atoms with Crippen molar-refractivity contribution in [3.63, 3.8) is 0 Å². The average Bonchev–Trinajstić information content (AvgIpc) is 1.99. The average molecular weight is 172 g/mol. The van der Waals surface area contributed by atoms with E-state index in [1.165, 1.54) is 6.07 Å². The molecule has 0 amide bonds. The van der Waals surface area contributed by atoms with Crippen molar-refractivity contribution in [3.05, 3.63) is 22.7 Å². The summed E-state index contributed by atoms with van der Waals surface area (Å²) in [7, 11) is 0. The fourth-order valence-electron chi connectivity index (χ4n) is 0.985. The Morgan fingerprint density at radius 1 is 1.55 bits per heavy atom. The summed E-state index contributed by atoms with van der Waals surface area (Å²) in [5.41, 5.74) is 6.76. The summed E-state index contributed by atoms with van der Waals surface area (Å²) in [4.78, 5) is 0. The van der Waals surface area contributed by atoms with E-state index in [9.17, 15) is 5.11 Å². The molecule has 3 N–H and O–H groups in total. The van der Waals surface area contributed by atoms with Gasteiger partial charge in [-0.05, 0) is 24.1 Å². The first-order valence-electron chi connectivity index (χ1n) is 3.42. The van der Waals surface area contributed by atoms with Gasteiger partial charge in [-0.1, -0.05) is 18.5 Å². The molecule has 0 aliphatic rings. The monoisotopic (exact) mass is 171 g/mol. The summed E-state index contributed by atoms with van der Waals surface area (Å²) >= 11 is 5.81. The molecule has 0 spiro atoms. The summed E-state index contributed by atoms with van der Waals surface area (Å²) in [6.07, 6.45) is 0.735. The molecule has 1 rings (SSSR count). The fraction of sp³-hybridized carbons (Fsp3) is 0.250. The van der Waals surface area contributed by atoms with E-state index in [1.54, 1.807) is 6.07 Å². The maximum atomic E-state index is 9.17. The Balaban J connectivity index is 3.29. The Morgan fingerprint density at radius 3 is 2.64 bits per heavy atom. The highest BCUT2D eigenvalue weighted by Gasteiger charge is 2.05. The molecule has 0 aliphatic heterocycles. The van der Waals surface area contributed by atoms with Gasteiger partial charge in [0.15, 0.2) is 0 Å². The van der Waals surface area contributed by atoms with Crippen LogP contribution in [-0.4, -0.2) is 5.11 Å². The summed E-state index contributed by atoms with van der Waals surface area (Å²) < 4.78 is 0. The summed E-state index contributed by atoms with van der Waals surface area (Å²) in [6.45, 7) is 1.94. The lowest BCUT2D eigenvalue weighted by atomic mass is 10.1. The van der Waals surface area contributed by atoms with E-state index >= 15 is 0 Å². The number of phenolic OH excluding ortho intramolecular Hbond substituents is 1. The van der Waals surface area contributed by atoms with Gasteiger partial charge in [-0.25, -0.2) is 0 Å². The van der Waals surface area contributed by atoms with Crippen LogP contribution < -0.4 is 5.73 Å². The molecule has 0 aliphatic carbocycles. The van der Waals surface area contributed by atoms with Gasteiger partial charge in [-0.15, -0.1) is 0 Å². The molecule has 2 nitrogen and oxygen atoms in total. The third-order valence-corrected chi connectivity index (χ3v) is 1.98. The number of aromatic hydroxyl groups is 1. The van der Waals surface area contributed by atoms with Crippen LogP contribution in [0.3, 0.4) is 0 Å². The van der Waals surface area contributed by atoms with Crippen LogP contribution in [0.1, 0.15) is 12.5 Å². The quantitative estimate of drug-likeness (QED) is 0.503. The summed E-state index contributed by atoms with van der Waals surface area (Å²) in [5.74, 6) is 0.103. The van der Waals surface area contributed by atoms with E-state index < -0.39 is 0 Å². The lowest BCUT2D eigenvalue weighted by Crippen LogP contribution is -1.93. The lowest BCUT2D eigenvalue weighted by Gasteiger charge is -2.06. The van der Waals surface area contributed by atoms with Crippen molar-refractivity contribution in [2.24, 2.45) is 0 Å². The number of halogens is 1. The minimum Gasteiger partial charge on any atom is -0.506 e. The first-order chi connectivity index (χ1) is 5.16. The zero-order chi connectivity index (χ0) is 8.43. The SMILES string of the molecule is CCc1c(Cl)ccc(O)c1N. The second-order valence-corrected chi connectivity index (χ2v) is 2.72. The van der Waals surface area contributed by atoms with Gasteiger partial charge in [0.05, 0.1) is 5.69 Å². The first kappa shape index (κ1) is 8.21. The smallest absolute Gasteiger partial charge is 0.138 e. The van der Waals surface area contributed by atoms with Crippen molar-refractivity contribution in [2.75, 3.05) is 5.73 Å². The Morgan fingerprint density at radius 2 is 2.18 bits per heavy atom. The van der Waals surface area contributed by atoms with Gasteiger partial charge in [0, 0.05) is 5.02 Å². The van der Waals surface area contributed by atoms with Crippen molar-refractivity contribution in [3.8, 4) is 5.75 Å². The lowest BCUT2D eigenvalue weighted by molar-refractivity contribution is 0.477. The molecule has 0 heterocycles. The van der Waals surface area contributed by atoms with Crippen molar-refractivity contribution < 1.29 is 5.11 Å². The van der Waals surface area contributed by atoms with E-state index in [4.69, 9.17) is 17.3 Å². The van der Waals surface area contributed by atoms with Gasteiger partial charge in [-0.2, -0.15) is 0 Å². The molecule has 0 aromatic heterocycles. The van der Waals surface area contributed by atoms with Gasteiger partial charge in [-0.3, -0.25) is 0 Å². The van der Waals surface area contributed by atoms with Gasteiger partial charge in [0.2, 0.25) is 0 Å². The maximum absolute atomic E-state index is 9.17. The Bertz CT molecular complexity index is 273. The highest BCUT2D eigenvalue weighted by atomic mass is 35.5. The molecule has 0 fully saturated rings. The van der Waals surface area contributed by atoms with Crippen LogP contribution in [0.4, 0.5) is 5.69 Å². The second-order valence-electron chi connectivity index (χ2n) is 2.31. The Hall–Kier alpha value is -0.890. The molecule has 0 unspecified atom stereocenters. The van der Waals surface area contributed by atoms with Gasteiger partial charge >= 0.3 is 0 Å². The van der Waals surface area contributed by atoms with Crippen molar-refractivity contribution >= 4 is 17.3 Å². The van der Waals surface area contributed by atoms with Gasteiger partial charge < -0.3 is 10.8 Å². The van der Waals surface area contributed by atoms with Gasteiger partial charge in [0.1, 0.15) is 5.75 Å². The van der Waals surface area contributed by atoms with Gasteiger partial charge in [0.25, 0.3) is 0 Å². The molecule has 60 valence electrons. The number of phenols is 1. The molecule has 0 saturated heterocycles. The fourth-order valence-corrected chi connectivity index (χ4v) is 1.28. The maximum Gasteiger partial charge on any atom is 0.138 e. The van der Waals surface area contributed by atoms with Crippen molar-refractivity contribution in [2.45, 2.75) is 13.3 Å². The van der Waals surface area contributed by atoms with Crippen LogP contribution >= 0.6 is 11.6 Å². The van der Waals surface area contributed by atoms with E-state index in [0.29, 0.717) is 10.7 Å². The second kappa shape index (κ2) is 3.01. The third kappa shape index (κ3) is 1.40. The van der Waals surface area contributed by atoms with Crippen LogP contribution in [0.15, 0.2) is 12.1 Å². The molecule has 0 atom stereocenters. The molecular formula is C8H10ClNO. The molecular weight excluding hydrogens is 162 g/mol. The minimum atomic E-state index is 0.103. The number of hydrogen-bond donors (Lipinski definition) is 2. The number of nitrogen functional groups attached to an aromatic ring is 1. The summed E-state index contributed by atoms with van der Waals surface area (Å²) in [5, 5.41) is 9.79. The molecule has 1 aromatic carbocycles. The number of hydrogen-bond acceptors (Lipinski definition) is 2. The van der Waals surface area contributed by atoms with E-state index in [2.05, 4.69) is 0 Å². The molecule has 11 heavy (non-hydrogen) atoms. The summed E-state index contributed by atoms with van der Waals surface area (Å²) in [6, 6.07) is 3.14. The normalized spacial score (nSPS) is 10.0. The molecule has 0 radical (unpaired) electrons. The molecule has 3 heteroatoms. The zero-order valence-corrected chi connectivity index (χ0v) is 7.02. The Kier molecular flexibility index (Phi) is 2.25. The molecule has 0 saturated carbocycles. The van der Waals surface area contributed by atoms with Crippen LogP contribution in [0.5, 0.6) is 5.75 Å². The van der Waals surface area contributed by atoms with Crippen molar-refractivity contribution in [1.82, 2.24) is 0 Å². The molecule has 1 aromatic rings. The topological polar surface area (TPSA) is 46.2 Å². The number of rotatable bonds is 1. The predicted molar refractivity (Wildman–Crippen MR) is 46.9 cm³/mol. The van der Waals surface area contributed by atoms with Crippen LogP contribution in [0, 0.1) is 0 Å². The predicted octanol–water partition coefficient (Wildman–Crippen LogP) is 2.19. The number of nitrogens with two attached hydrogens (primary N) is 1. The largest absolute Gasteiger partial charge is 0.506 e. The van der Waals surface area contributed by atoms with Crippen LogP contribution in [-0.2, 0) is 6.42 Å². The van der Waals surface area contributed by atoms with E-state index in [0.717, 1.165) is 12.0 Å². The highest BCUT2D eigenvalue weighted by Crippen LogP contribution is 2.30. The third-order valence-electron chi connectivity index (χ3n) is 1.63. The van der Waals surface area contributed by atoms with E-state index in [1.807, 2.05) is 6.92 Å². The first-order valence-corrected chi connectivity index (χ1v) is 3.80.